The van der Waals surface area contributed by atoms with E-state index in [2.05, 4.69) is 5.32 Å². The third-order valence-corrected chi connectivity index (χ3v) is 4.19. The van der Waals surface area contributed by atoms with Crippen molar-refractivity contribution in [1.82, 2.24) is 5.32 Å². The van der Waals surface area contributed by atoms with Gasteiger partial charge in [-0.3, -0.25) is 4.79 Å². The van der Waals surface area contributed by atoms with Gasteiger partial charge in [0.25, 0.3) is 5.91 Å². The fraction of sp³-hybridized carbons (Fsp3) is 0.143. The number of aliphatic carboxylic acids is 1. The first-order chi connectivity index (χ1) is 12.6. The highest BCUT2D eigenvalue weighted by atomic mass is 16.5. The van der Waals surface area contributed by atoms with Crippen molar-refractivity contribution < 1.29 is 19.4 Å². The number of benzene rings is 3. The summed E-state index contributed by atoms with van der Waals surface area (Å²) in [6, 6.07) is 19.1. The van der Waals surface area contributed by atoms with Crippen LogP contribution in [-0.2, 0) is 11.2 Å². The van der Waals surface area contributed by atoms with Crippen LogP contribution in [0.4, 0.5) is 0 Å². The first-order valence-electron chi connectivity index (χ1n) is 8.22. The molecule has 5 heteroatoms. The van der Waals surface area contributed by atoms with E-state index in [9.17, 15) is 14.7 Å². The van der Waals surface area contributed by atoms with Crippen molar-refractivity contribution in [1.29, 1.82) is 0 Å². The molecule has 0 aliphatic carbocycles. The minimum atomic E-state index is -1.08. The first-order valence-corrected chi connectivity index (χ1v) is 8.22. The molecule has 3 aromatic carbocycles. The Kier molecular flexibility index (Phi) is 5.17. The number of carbonyl (C=O) groups excluding carboxylic acids is 1. The van der Waals surface area contributed by atoms with Gasteiger partial charge in [0.05, 0.1) is 7.11 Å². The zero-order valence-electron chi connectivity index (χ0n) is 14.3. The number of methoxy groups -OCH3 is 1. The summed E-state index contributed by atoms with van der Waals surface area (Å²) in [6.45, 7) is 0. The highest BCUT2D eigenvalue weighted by Crippen LogP contribution is 2.17. The minimum Gasteiger partial charge on any atom is -0.497 e. The highest BCUT2D eigenvalue weighted by Gasteiger charge is 2.21. The van der Waals surface area contributed by atoms with Gasteiger partial charge in [0.2, 0.25) is 0 Å². The number of ether oxygens (including phenoxy) is 1. The summed E-state index contributed by atoms with van der Waals surface area (Å²) >= 11 is 0. The lowest BCUT2D eigenvalue weighted by molar-refractivity contribution is -0.139. The van der Waals surface area contributed by atoms with Crippen molar-refractivity contribution >= 4 is 22.6 Å². The lowest BCUT2D eigenvalue weighted by atomic mass is 10.0. The maximum Gasteiger partial charge on any atom is 0.326 e. The minimum absolute atomic E-state index is 0.172. The van der Waals surface area contributed by atoms with Crippen LogP contribution < -0.4 is 10.1 Å². The van der Waals surface area contributed by atoms with Gasteiger partial charge in [-0.2, -0.15) is 0 Å². The lowest BCUT2D eigenvalue weighted by Gasteiger charge is -2.15. The van der Waals surface area contributed by atoms with Crippen molar-refractivity contribution in [3.63, 3.8) is 0 Å². The zero-order chi connectivity index (χ0) is 18.5. The molecule has 0 saturated heterocycles. The van der Waals surface area contributed by atoms with Gasteiger partial charge in [0.15, 0.2) is 0 Å². The van der Waals surface area contributed by atoms with E-state index < -0.39 is 17.9 Å². The Balaban J connectivity index is 1.77. The van der Waals surface area contributed by atoms with Crippen LogP contribution in [0.1, 0.15) is 15.9 Å². The van der Waals surface area contributed by atoms with Gasteiger partial charge in [-0.05, 0) is 40.6 Å². The molecule has 0 radical (unpaired) electrons. The number of carboxylic acids is 1. The fourth-order valence-corrected chi connectivity index (χ4v) is 2.81. The van der Waals surface area contributed by atoms with E-state index in [1.807, 2.05) is 30.3 Å². The van der Waals surface area contributed by atoms with Crippen LogP contribution in [0.2, 0.25) is 0 Å². The third kappa shape index (κ3) is 4.00. The molecule has 132 valence electrons. The molecule has 0 saturated carbocycles. The van der Waals surface area contributed by atoms with E-state index in [0.29, 0.717) is 11.3 Å². The normalized spacial score (nSPS) is 11.7. The van der Waals surface area contributed by atoms with Crippen molar-refractivity contribution in [2.24, 2.45) is 0 Å². The summed E-state index contributed by atoms with van der Waals surface area (Å²) in [5.41, 5.74) is 1.20. The largest absolute Gasteiger partial charge is 0.497 e. The van der Waals surface area contributed by atoms with E-state index in [1.54, 1.807) is 43.5 Å². The van der Waals surface area contributed by atoms with Gasteiger partial charge in [-0.1, -0.05) is 42.5 Å². The summed E-state index contributed by atoms with van der Waals surface area (Å²) in [4.78, 5) is 24.1. The van der Waals surface area contributed by atoms with E-state index in [-0.39, 0.29) is 6.42 Å². The summed E-state index contributed by atoms with van der Waals surface area (Å²) in [5, 5.41) is 14.0. The second-order valence-electron chi connectivity index (χ2n) is 5.98. The average Bonchev–Trinajstić information content (AvgIpc) is 2.67. The van der Waals surface area contributed by atoms with Crippen LogP contribution in [0.3, 0.4) is 0 Å². The van der Waals surface area contributed by atoms with Crippen LogP contribution >= 0.6 is 0 Å². The van der Waals surface area contributed by atoms with E-state index in [1.165, 1.54) is 0 Å². The number of carboxylic acid groups (broad SMARTS) is 1. The van der Waals surface area contributed by atoms with Gasteiger partial charge < -0.3 is 15.2 Å². The molecule has 1 amide bonds. The second-order valence-corrected chi connectivity index (χ2v) is 5.98. The highest BCUT2D eigenvalue weighted by molar-refractivity contribution is 6.00. The Morgan fingerprint density at radius 2 is 1.77 bits per heavy atom. The van der Waals surface area contributed by atoms with Crippen molar-refractivity contribution in [2.75, 3.05) is 7.11 Å². The number of hydrogen-bond donors (Lipinski definition) is 2. The summed E-state index contributed by atoms with van der Waals surface area (Å²) in [7, 11) is 1.55. The molecule has 1 atom stereocenters. The summed E-state index contributed by atoms with van der Waals surface area (Å²) in [5.74, 6) is -0.847. The molecule has 0 fully saturated rings. The molecular formula is C21H19NO4. The van der Waals surface area contributed by atoms with Crippen molar-refractivity contribution in [2.45, 2.75) is 12.5 Å². The van der Waals surface area contributed by atoms with Crippen LogP contribution in [0.15, 0.2) is 66.7 Å². The van der Waals surface area contributed by atoms with Gasteiger partial charge in [0.1, 0.15) is 11.8 Å². The second kappa shape index (κ2) is 7.70. The quantitative estimate of drug-likeness (QED) is 0.716. The molecule has 2 N–H and O–H groups in total. The molecule has 0 spiro atoms. The predicted octanol–water partition coefficient (Wildman–Crippen LogP) is 3.27. The summed E-state index contributed by atoms with van der Waals surface area (Å²) in [6.07, 6.45) is 0.172. The SMILES string of the molecule is COc1cccc(C[C@@H](NC(=O)c2ccc3ccccc3c2)C(=O)O)c1. The molecule has 26 heavy (non-hydrogen) atoms. The Hall–Kier alpha value is -3.34. The maximum absolute atomic E-state index is 12.5. The Bertz CT molecular complexity index is 951. The number of carbonyl (C=O) groups is 2. The van der Waals surface area contributed by atoms with Crippen LogP contribution in [0.25, 0.3) is 10.8 Å². The fourth-order valence-electron chi connectivity index (χ4n) is 2.81. The molecule has 3 aromatic rings. The maximum atomic E-state index is 12.5. The molecular weight excluding hydrogens is 330 g/mol. The van der Waals surface area contributed by atoms with E-state index in [4.69, 9.17) is 4.74 Å². The van der Waals surface area contributed by atoms with E-state index >= 15 is 0 Å². The molecule has 0 heterocycles. The van der Waals surface area contributed by atoms with Gasteiger partial charge >= 0.3 is 5.97 Å². The zero-order valence-corrected chi connectivity index (χ0v) is 14.3. The number of hydrogen-bond acceptors (Lipinski definition) is 3. The molecule has 5 nitrogen and oxygen atoms in total. The Labute approximate surface area is 151 Å². The Morgan fingerprint density at radius 1 is 1.00 bits per heavy atom. The van der Waals surface area contributed by atoms with Gasteiger partial charge in [-0.15, -0.1) is 0 Å². The van der Waals surface area contributed by atoms with Crippen LogP contribution in [0.5, 0.6) is 5.75 Å². The van der Waals surface area contributed by atoms with Crippen LogP contribution in [0, 0.1) is 0 Å². The molecule has 0 unspecified atom stereocenters. The van der Waals surface area contributed by atoms with E-state index in [0.717, 1.165) is 16.3 Å². The molecule has 0 bridgehead atoms. The smallest absolute Gasteiger partial charge is 0.326 e. The van der Waals surface area contributed by atoms with Crippen molar-refractivity contribution in [3.8, 4) is 5.75 Å². The molecule has 0 aliphatic heterocycles. The standard InChI is InChI=1S/C21H19NO4/c1-26-18-8-4-5-14(11-18)12-19(21(24)25)22-20(23)17-10-9-15-6-2-3-7-16(15)13-17/h2-11,13,19H,12H2,1H3,(H,22,23)(H,24,25)/t19-/m1/s1. The van der Waals surface area contributed by atoms with Gasteiger partial charge in [0, 0.05) is 12.0 Å². The topological polar surface area (TPSA) is 75.6 Å². The Morgan fingerprint density at radius 3 is 2.50 bits per heavy atom. The first kappa shape index (κ1) is 17.5. The van der Waals surface area contributed by atoms with Crippen molar-refractivity contribution in [3.05, 3.63) is 77.9 Å². The monoisotopic (exact) mass is 349 g/mol. The van der Waals surface area contributed by atoms with Crippen LogP contribution in [-0.4, -0.2) is 30.1 Å². The lowest BCUT2D eigenvalue weighted by Crippen LogP contribution is -2.42. The number of amides is 1. The summed E-state index contributed by atoms with van der Waals surface area (Å²) < 4.78 is 5.15. The predicted molar refractivity (Wildman–Crippen MR) is 99.5 cm³/mol. The third-order valence-electron chi connectivity index (χ3n) is 4.19. The molecule has 3 rings (SSSR count). The average molecular weight is 349 g/mol. The molecule has 0 aromatic heterocycles. The number of rotatable bonds is 6. The molecule has 0 aliphatic rings. The number of fused-ring (bicyclic) bond motifs is 1. The van der Waals surface area contributed by atoms with Gasteiger partial charge in [-0.25, -0.2) is 4.79 Å². The number of nitrogens with one attached hydrogen (secondary N) is 1.